The minimum atomic E-state index is 0.517. The standard InChI is InChI=1S/C18H23N/c1-3-19-17(12-14-9-10-14)18-13(2)8-11-15-6-4-5-7-16(15)18/h4-8,11,14,17,19H,3,9-10,12H2,1-2H3. The normalized spacial score (nSPS) is 16.7. The summed E-state index contributed by atoms with van der Waals surface area (Å²) in [6, 6.07) is 13.8. The number of nitrogens with one attached hydrogen (secondary N) is 1. The lowest BCUT2D eigenvalue weighted by molar-refractivity contribution is 0.488. The van der Waals surface area contributed by atoms with Crippen molar-refractivity contribution in [1.29, 1.82) is 0 Å². The summed E-state index contributed by atoms with van der Waals surface area (Å²) in [7, 11) is 0. The van der Waals surface area contributed by atoms with E-state index in [1.54, 1.807) is 0 Å². The van der Waals surface area contributed by atoms with E-state index in [0.29, 0.717) is 6.04 Å². The maximum absolute atomic E-state index is 3.70. The Hall–Kier alpha value is -1.34. The van der Waals surface area contributed by atoms with Crippen LogP contribution in [0.1, 0.15) is 43.4 Å². The molecule has 1 N–H and O–H groups in total. The number of hydrogen-bond donors (Lipinski definition) is 1. The van der Waals surface area contributed by atoms with Crippen LogP contribution in [-0.4, -0.2) is 6.54 Å². The first-order valence-corrected chi connectivity index (χ1v) is 7.51. The highest BCUT2D eigenvalue weighted by molar-refractivity contribution is 5.87. The average Bonchev–Trinajstić information content (AvgIpc) is 3.22. The smallest absolute Gasteiger partial charge is 0.0331 e. The Kier molecular flexibility index (Phi) is 3.56. The first-order chi connectivity index (χ1) is 9.29. The molecule has 2 aromatic rings. The average molecular weight is 253 g/mol. The summed E-state index contributed by atoms with van der Waals surface area (Å²) in [5, 5.41) is 6.49. The van der Waals surface area contributed by atoms with Crippen LogP contribution in [0.25, 0.3) is 10.8 Å². The van der Waals surface area contributed by atoms with Gasteiger partial charge in [-0.05, 0) is 47.7 Å². The Bertz CT molecular complexity index is 569. The molecule has 0 saturated heterocycles. The molecule has 1 aliphatic carbocycles. The predicted molar refractivity (Wildman–Crippen MR) is 82.4 cm³/mol. The van der Waals surface area contributed by atoms with Gasteiger partial charge in [-0.1, -0.05) is 56.2 Å². The van der Waals surface area contributed by atoms with Crippen molar-refractivity contribution in [1.82, 2.24) is 5.32 Å². The van der Waals surface area contributed by atoms with E-state index in [-0.39, 0.29) is 0 Å². The number of rotatable bonds is 5. The molecule has 2 aromatic carbocycles. The molecule has 1 atom stereocenters. The first kappa shape index (κ1) is 12.7. The maximum atomic E-state index is 3.70. The Morgan fingerprint density at radius 1 is 1.16 bits per heavy atom. The first-order valence-electron chi connectivity index (χ1n) is 7.51. The van der Waals surface area contributed by atoms with Gasteiger partial charge in [-0.15, -0.1) is 0 Å². The predicted octanol–water partition coefficient (Wildman–Crippen LogP) is 4.60. The summed E-state index contributed by atoms with van der Waals surface area (Å²) in [5.41, 5.74) is 2.94. The molecule has 0 bridgehead atoms. The lowest BCUT2D eigenvalue weighted by atomic mass is 9.91. The molecule has 1 aliphatic rings. The van der Waals surface area contributed by atoms with E-state index in [0.717, 1.165) is 12.5 Å². The van der Waals surface area contributed by atoms with Crippen LogP contribution >= 0.6 is 0 Å². The highest BCUT2D eigenvalue weighted by Crippen LogP contribution is 2.40. The van der Waals surface area contributed by atoms with Crippen LogP contribution in [0.4, 0.5) is 0 Å². The number of benzene rings is 2. The van der Waals surface area contributed by atoms with Crippen LogP contribution in [-0.2, 0) is 0 Å². The van der Waals surface area contributed by atoms with Gasteiger partial charge >= 0.3 is 0 Å². The second kappa shape index (κ2) is 5.34. The molecule has 1 unspecified atom stereocenters. The third kappa shape index (κ3) is 2.66. The van der Waals surface area contributed by atoms with Crippen molar-refractivity contribution >= 4 is 10.8 Å². The van der Waals surface area contributed by atoms with Crippen molar-refractivity contribution in [3.05, 3.63) is 47.5 Å². The molecule has 0 spiro atoms. The van der Waals surface area contributed by atoms with Crippen LogP contribution in [0, 0.1) is 12.8 Å². The van der Waals surface area contributed by atoms with E-state index in [1.807, 2.05) is 0 Å². The number of hydrogen-bond acceptors (Lipinski definition) is 1. The number of aryl methyl sites for hydroxylation is 1. The van der Waals surface area contributed by atoms with Crippen LogP contribution in [0.15, 0.2) is 36.4 Å². The van der Waals surface area contributed by atoms with Gasteiger partial charge in [0, 0.05) is 6.04 Å². The second-order valence-electron chi connectivity index (χ2n) is 5.81. The summed E-state index contributed by atoms with van der Waals surface area (Å²) in [4.78, 5) is 0. The Morgan fingerprint density at radius 3 is 2.68 bits per heavy atom. The van der Waals surface area contributed by atoms with Gasteiger partial charge in [0.1, 0.15) is 0 Å². The van der Waals surface area contributed by atoms with Crippen molar-refractivity contribution in [2.45, 2.75) is 39.2 Å². The van der Waals surface area contributed by atoms with Gasteiger partial charge in [0.25, 0.3) is 0 Å². The molecule has 0 heterocycles. The molecule has 19 heavy (non-hydrogen) atoms. The summed E-state index contributed by atoms with van der Waals surface area (Å²) < 4.78 is 0. The number of fused-ring (bicyclic) bond motifs is 1. The molecule has 0 amide bonds. The van der Waals surface area contributed by atoms with Gasteiger partial charge < -0.3 is 5.32 Å². The molecule has 0 aromatic heterocycles. The van der Waals surface area contributed by atoms with Gasteiger partial charge in [-0.2, -0.15) is 0 Å². The third-order valence-electron chi connectivity index (χ3n) is 4.25. The van der Waals surface area contributed by atoms with Crippen molar-refractivity contribution < 1.29 is 0 Å². The van der Waals surface area contributed by atoms with Crippen LogP contribution in [0.3, 0.4) is 0 Å². The largest absolute Gasteiger partial charge is 0.310 e. The molecule has 3 rings (SSSR count). The quantitative estimate of drug-likeness (QED) is 0.821. The van der Waals surface area contributed by atoms with Gasteiger partial charge in [0.15, 0.2) is 0 Å². The SMILES string of the molecule is CCNC(CC1CC1)c1c(C)ccc2ccccc12. The topological polar surface area (TPSA) is 12.0 Å². The third-order valence-corrected chi connectivity index (χ3v) is 4.25. The molecular formula is C18H23N. The summed E-state index contributed by atoms with van der Waals surface area (Å²) in [5.74, 6) is 0.947. The summed E-state index contributed by atoms with van der Waals surface area (Å²) >= 11 is 0. The second-order valence-corrected chi connectivity index (χ2v) is 5.81. The van der Waals surface area contributed by atoms with E-state index in [4.69, 9.17) is 0 Å². The lowest BCUT2D eigenvalue weighted by Gasteiger charge is -2.22. The van der Waals surface area contributed by atoms with Crippen molar-refractivity contribution in [3.8, 4) is 0 Å². The summed E-state index contributed by atoms with van der Waals surface area (Å²) in [6.45, 7) is 5.50. The summed E-state index contributed by atoms with van der Waals surface area (Å²) in [6.07, 6.45) is 4.14. The molecule has 1 nitrogen and oxygen atoms in total. The van der Waals surface area contributed by atoms with Gasteiger partial charge in [0.2, 0.25) is 0 Å². The molecule has 1 heteroatoms. The highest BCUT2D eigenvalue weighted by atomic mass is 14.9. The maximum Gasteiger partial charge on any atom is 0.0331 e. The van der Waals surface area contributed by atoms with Crippen LogP contribution in [0.5, 0.6) is 0 Å². The Balaban J connectivity index is 2.06. The molecule has 100 valence electrons. The fourth-order valence-corrected chi connectivity index (χ4v) is 3.10. The van der Waals surface area contributed by atoms with Crippen LogP contribution < -0.4 is 5.32 Å². The monoisotopic (exact) mass is 253 g/mol. The zero-order chi connectivity index (χ0) is 13.2. The lowest BCUT2D eigenvalue weighted by Crippen LogP contribution is -2.22. The minimum Gasteiger partial charge on any atom is -0.310 e. The zero-order valence-electron chi connectivity index (χ0n) is 11.9. The van der Waals surface area contributed by atoms with Crippen molar-refractivity contribution in [3.63, 3.8) is 0 Å². The fourth-order valence-electron chi connectivity index (χ4n) is 3.10. The van der Waals surface area contributed by atoms with Crippen LogP contribution in [0.2, 0.25) is 0 Å². The Morgan fingerprint density at radius 2 is 1.95 bits per heavy atom. The van der Waals surface area contributed by atoms with Gasteiger partial charge in [-0.3, -0.25) is 0 Å². The highest BCUT2D eigenvalue weighted by Gasteiger charge is 2.27. The zero-order valence-corrected chi connectivity index (χ0v) is 11.9. The van der Waals surface area contributed by atoms with Gasteiger partial charge in [-0.25, -0.2) is 0 Å². The molecular weight excluding hydrogens is 230 g/mol. The molecule has 1 fully saturated rings. The van der Waals surface area contributed by atoms with E-state index in [9.17, 15) is 0 Å². The van der Waals surface area contributed by atoms with E-state index in [2.05, 4.69) is 55.6 Å². The van der Waals surface area contributed by atoms with E-state index < -0.39 is 0 Å². The van der Waals surface area contributed by atoms with E-state index in [1.165, 1.54) is 41.2 Å². The van der Waals surface area contributed by atoms with Gasteiger partial charge in [0.05, 0.1) is 0 Å². The Labute approximate surface area is 116 Å². The minimum absolute atomic E-state index is 0.517. The van der Waals surface area contributed by atoms with E-state index >= 15 is 0 Å². The molecule has 0 radical (unpaired) electrons. The fraction of sp³-hybridized carbons (Fsp3) is 0.444. The molecule has 1 saturated carbocycles. The molecule has 0 aliphatic heterocycles. The van der Waals surface area contributed by atoms with Crippen molar-refractivity contribution in [2.75, 3.05) is 6.54 Å². The van der Waals surface area contributed by atoms with Crippen molar-refractivity contribution in [2.24, 2.45) is 5.92 Å².